The Hall–Kier alpha value is -2.76. The summed E-state index contributed by atoms with van der Waals surface area (Å²) in [5, 5.41) is 10.8. The Labute approximate surface area is 157 Å². The Morgan fingerprint density at radius 1 is 1.33 bits per heavy atom. The Morgan fingerprint density at radius 2 is 2.11 bits per heavy atom. The third kappa shape index (κ3) is 2.39. The summed E-state index contributed by atoms with van der Waals surface area (Å²) in [5.74, 6) is -1.12. The van der Waals surface area contributed by atoms with Gasteiger partial charge in [0, 0.05) is 28.4 Å². The molecule has 1 saturated heterocycles. The summed E-state index contributed by atoms with van der Waals surface area (Å²) in [7, 11) is 1.35. The van der Waals surface area contributed by atoms with Gasteiger partial charge in [0.15, 0.2) is 0 Å². The highest BCUT2D eigenvalue weighted by molar-refractivity contribution is 5.94. The second kappa shape index (κ2) is 5.87. The predicted molar refractivity (Wildman–Crippen MR) is 95.4 cm³/mol. The number of esters is 2. The Morgan fingerprint density at radius 3 is 2.78 bits per heavy atom. The lowest BCUT2D eigenvalue weighted by Crippen LogP contribution is -2.52. The average Bonchev–Trinajstić information content (AvgIpc) is 3.14. The second-order valence-electron chi connectivity index (χ2n) is 7.92. The molecule has 142 valence electrons. The molecule has 4 rings (SSSR count). The molecule has 0 bridgehead atoms. The summed E-state index contributed by atoms with van der Waals surface area (Å²) >= 11 is 0. The van der Waals surface area contributed by atoms with E-state index in [1.807, 2.05) is 26.0 Å². The van der Waals surface area contributed by atoms with Crippen LogP contribution in [-0.2, 0) is 19.1 Å². The number of furan rings is 1. The lowest BCUT2D eigenvalue weighted by atomic mass is 9.50. The van der Waals surface area contributed by atoms with Crippen LogP contribution in [0.25, 0.3) is 0 Å². The van der Waals surface area contributed by atoms with Gasteiger partial charge in [0.2, 0.25) is 0 Å². The Bertz CT molecular complexity index is 890. The zero-order valence-corrected chi connectivity index (χ0v) is 15.5. The predicted octanol–water partition coefficient (Wildman–Crippen LogP) is 3.78. The molecule has 0 saturated carbocycles. The van der Waals surface area contributed by atoms with Crippen molar-refractivity contribution in [2.45, 2.75) is 32.8 Å². The maximum Gasteiger partial charge on any atom is 0.338 e. The highest BCUT2D eigenvalue weighted by atomic mass is 16.5. The van der Waals surface area contributed by atoms with Crippen LogP contribution in [0.5, 0.6) is 0 Å². The Balaban J connectivity index is 1.84. The van der Waals surface area contributed by atoms with Gasteiger partial charge in [-0.3, -0.25) is 0 Å². The van der Waals surface area contributed by atoms with Gasteiger partial charge in [0.25, 0.3) is 0 Å². The number of methoxy groups -OCH3 is 1. The molecule has 1 aromatic rings. The fraction of sp³-hybridized carbons (Fsp3) is 0.429. The zero-order chi connectivity index (χ0) is 19.4. The molecule has 1 aliphatic heterocycles. The van der Waals surface area contributed by atoms with Crippen LogP contribution in [0.1, 0.15) is 38.4 Å². The van der Waals surface area contributed by atoms with Crippen molar-refractivity contribution >= 4 is 11.9 Å². The van der Waals surface area contributed by atoms with Crippen molar-refractivity contribution in [1.29, 1.82) is 0 Å². The van der Waals surface area contributed by atoms with Crippen molar-refractivity contribution in [2.75, 3.05) is 7.11 Å². The van der Waals surface area contributed by atoms with Crippen LogP contribution >= 0.6 is 0 Å². The molecule has 2 heterocycles. The van der Waals surface area contributed by atoms with E-state index in [2.05, 4.69) is 0 Å². The molecular weight excluding hydrogens is 348 g/mol. The molecule has 6 nitrogen and oxygen atoms in total. The maximum atomic E-state index is 12.8. The molecule has 2 aliphatic carbocycles. The molecule has 6 heteroatoms. The first-order valence-corrected chi connectivity index (χ1v) is 8.94. The monoisotopic (exact) mass is 370 g/mol. The van der Waals surface area contributed by atoms with Gasteiger partial charge in [-0.15, -0.1) is 0 Å². The molecule has 0 aromatic carbocycles. The van der Waals surface area contributed by atoms with Crippen molar-refractivity contribution in [3.63, 3.8) is 0 Å². The number of hydrogen-bond donors (Lipinski definition) is 1. The lowest BCUT2D eigenvalue weighted by molar-refractivity contribution is -0.157. The number of allylic oxidation sites excluding steroid dienone is 4. The number of carbonyl (C=O) groups excluding carboxylic acids is 2. The summed E-state index contributed by atoms with van der Waals surface area (Å²) in [6.45, 7) is 3.90. The van der Waals surface area contributed by atoms with Crippen LogP contribution in [-0.4, -0.2) is 24.2 Å². The van der Waals surface area contributed by atoms with Gasteiger partial charge >= 0.3 is 11.9 Å². The molecule has 1 aromatic heterocycles. The topological polar surface area (TPSA) is 86.0 Å². The molecule has 0 amide bonds. The van der Waals surface area contributed by atoms with E-state index < -0.39 is 28.9 Å². The van der Waals surface area contributed by atoms with E-state index >= 15 is 0 Å². The number of aliphatic hydroxyl groups is 1. The minimum Gasteiger partial charge on any atom is -0.512 e. The van der Waals surface area contributed by atoms with Crippen molar-refractivity contribution in [3.05, 3.63) is 59.3 Å². The van der Waals surface area contributed by atoms with Crippen LogP contribution in [0, 0.1) is 16.7 Å². The fourth-order valence-electron chi connectivity index (χ4n) is 5.13. The van der Waals surface area contributed by atoms with Gasteiger partial charge in [0.1, 0.15) is 11.9 Å². The molecule has 1 fully saturated rings. The summed E-state index contributed by atoms with van der Waals surface area (Å²) in [5.41, 5.74) is 0.212. The third-order valence-corrected chi connectivity index (χ3v) is 6.33. The number of rotatable bonds is 2. The molecule has 27 heavy (non-hydrogen) atoms. The number of fused-ring (bicyclic) bond motifs is 3. The van der Waals surface area contributed by atoms with Crippen molar-refractivity contribution in [3.8, 4) is 0 Å². The van der Waals surface area contributed by atoms with Crippen LogP contribution in [0.4, 0.5) is 0 Å². The fourth-order valence-corrected chi connectivity index (χ4v) is 5.13. The van der Waals surface area contributed by atoms with E-state index in [9.17, 15) is 14.7 Å². The Kier molecular flexibility index (Phi) is 3.84. The summed E-state index contributed by atoms with van der Waals surface area (Å²) in [6, 6.07) is 1.77. The summed E-state index contributed by atoms with van der Waals surface area (Å²) in [6.07, 6.45) is 8.88. The number of carbonyl (C=O) groups is 2. The van der Waals surface area contributed by atoms with E-state index in [1.54, 1.807) is 18.4 Å². The molecule has 4 unspecified atom stereocenters. The standard InChI is InChI=1S/C21H22O6/c1-20-9-14(22)17-19(24)27-15(12-7-8-26-11-12)10-21(17,2)16(20)6-4-5-13(20)18(23)25-3/h4-8,11,15-16,22H,9-10H2,1-3H3. The number of ether oxygens (including phenoxy) is 2. The van der Waals surface area contributed by atoms with Crippen LogP contribution in [0.3, 0.4) is 0 Å². The van der Waals surface area contributed by atoms with E-state index in [0.29, 0.717) is 17.6 Å². The quantitative estimate of drug-likeness (QED) is 0.798. The molecule has 0 radical (unpaired) electrons. The third-order valence-electron chi connectivity index (χ3n) is 6.33. The van der Waals surface area contributed by atoms with Gasteiger partial charge in [-0.05, 0) is 18.4 Å². The highest BCUT2D eigenvalue weighted by Gasteiger charge is 2.60. The summed E-state index contributed by atoms with van der Waals surface area (Å²) in [4.78, 5) is 25.2. The summed E-state index contributed by atoms with van der Waals surface area (Å²) < 4.78 is 15.7. The van der Waals surface area contributed by atoms with Crippen LogP contribution in [0.2, 0.25) is 0 Å². The number of cyclic esters (lactones) is 1. The number of hydrogen-bond acceptors (Lipinski definition) is 6. The highest BCUT2D eigenvalue weighted by Crippen LogP contribution is 2.62. The largest absolute Gasteiger partial charge is 0.512 e. The molecule has 3 aliphatic rings. The van der Waals surface area contributed by atoms with Crippen LogP contribution < -0.4 is 0 Å². The van der Waals surface area contributed by atoms with Gasteiger partial charge in [0.05, 0.1) is 25.2 Å². The molecule has 4 atom stereocenters. The minimum atomic E-state index is -0.696. The first-order chi connectivity index (χ1) is 12.8. The van der Waals surface area contributed by atoms with Crippen molar-refractivity contribution in [1.82, 2.24) is 0 Å². The van der Waals surface area contributed by atoms with Crippen molar-refractivity contribution < 1.29 is 28.6 Å². The smallest absolute Gasteiger partial charge is 0.338 e. The second-order valence-corrected chi connectivity index (χ2v) is 7.92. The van der Waals surface area contributed by atoms with Crippen LogP contribution in [0.15, 0.2) is 58.1 Å². The van der Waals surface area contributed by atoms with E-state index in [4.69, 9.17) is 13.9 Å². The van der Waals surface area contributed by atoms with Gasteiger partial charge in [-0.1, -0.05) is 32.1 Å². The first-order valence-electron chi connectivity index (χ1n) is 8.94. The molecule has 0 spiro atoms. The first kappa shape index (κ1) is 17.6. The van der Waals surface area contributed by atoms with E-state index in [-0.39, 0.29) is 18.1 Å². The SMILES string of the molecule is COC(=O)C1=CC=CC2C1(C)CC(O)=C1C(=O)OC(c3ccoc3)CC12C. The lowest BCUT2D eigenvalue weighted by Gasteiger charge is -2.54. The minimum absolute atomic E-state index is 0.0167. The van der Waals surface area contributed by atoms with Gasteiger partial charge < -0.3 is 19.0 Å². The van der Waals surface area contributed by atoms with E-state index in [0.717, 1.165) is 5.56 Å². The normalized spacial score (nSPS) is 35.1. The van der Waals surface area contributed by atoms with Crippen molar-refractivity contribution in [2.24, 2.45) is 16.7 Å². The number of aliphatic hydroxyl groups excluding tert-OH is 1. The molecule has 1 N–H and O–H groups in total. The van der Waals surface area contributed by atoms with Gasteiger partial charge in [-0.25, -0.2) is 9.59 Å². The zero-order valence-electron chi connectivity index (χ0n) is 15.5. The maximum absolute atomic E-state index is 12.8. The van der Waals surface area contributed by atoms with E-state index in [1.165, 1.54) is 13.4 Å². The van der Waals surface area contributed by atoms with Gasteiger partial charge in [-0.2, -0.15) is 0 Å². The molecular formula is C21H22O6. The average molecular weight is 370 g/mol.